The van der Waals surface area contributed by atoms with Gasteiger partial charge in [0.2, 0.25) is 0 Å². The number of rotatable bonds is 13. The molecule has 11 heteroatoms. The van der Waals surface area contributed by atoms with E-state index in [1.54, 1.807) is 30.3 Å². The second-order valence-electron chi connectivity index (χ2n) is 9.97. The topological polar surface area (TPSA) is 150 Å². The van der Waals surface area contributed by atoms with Crippen molar-refractivity contribution in [1.29, 1.82) is 0 Å². The number of hydrogen-bond acceptors (Lipinski definition) is 11. The lowest BCUT2D eigenvalue weighted by Crippen LogP contribution is -2.51. The van der Waals surface area contributed by atoms with Gasteiger partial charge in [-0.05, 0) is 41.7 Å². The van der Waals surface area contributed by atoms with Gasteiger partial charge in [0.25, 0.3) is 0 Å². The van der Waals surface area contributed by atoms with Crippen LogP contribution < -0.4 is 15.2 Å². The Morgan fingerprint density at radius 3 is 1.93 bits per heavy atom. The number of methoxy groups -OCH3 is 1. The minimum Gasteiger partial charge on any atom is -0.468 e. The van der Waals surface area contributed by atoms with Crippen molar-refractivity contribution in [3.8, 4) is 11.5 Å². The van der Waals surface area contributed by atoms with Crippen molar-refractivity contribution in [1.82, 2.24) is 0 Å². The summed E-state index contributed by atoms with van der Waals surface area (Å²) in [5.74, 6) is -1.39. The van der Waals surface area contributed by atoms with E-state index in [1.807, 2.05) is 27.7 Å². The fourth-order valence-corrected chi connectivity index (χ4v) is 3.35. The van der Waals surface area contributed by atoms with Gasteiger partial charge in [-0.1, -0.05) is 52.0 Å². The molecule has 0 aliphatic heterocycles. The van der Waals surface area contributed by atoms with Gasteiger partial charge >= 0.3 is 24.2 Å². The molecule has 40 heavy (non-hydrogen) atoms. The van der Waals surface area contributed by atoms with Crippen molar-refractivity contribution in [3.63, 3.8) is 0 Å². The maximum Gasteiger partial charge on any atom is 0.513 e. The lowest BCUT2D eigenvalue weighted by molar-refractivity contribution is -0.147. The Balaban J connectivity index is 2.23. The summed E-state index contributed by atoms with van der Waals surface area (Å²) in [7, 11) is 1.19. The summed E-state index contributed by atoms with van der Waals surface area (Å²) in [6.45, 7) is 7.53. The molecule has 0 unspecified atom stereocenters. The van der Waals surface area contributed by atoms with E-state index in [9.17, 15) is 19.2 Å². The van der Waals surface area contributed by atoms with E-state index in [0.717, 1.165) is 0 Å². The lowest BCUT2D eigenvalue weighted by Gasteiger charge is -2.26. The molecule has 0 amide bonds. The highest BCUT2D eigenvalue weighted by atomic mass is 16.7. The third-order valence-electron chi connectivity index (χ3n) is 5.37. The van der Waals surface area contributed by atoms with Crippen LogP contribution in [0.4, 0.5) is 9.59 Å². The maximum atomic E-state index is 12.7. The Bertz CT molecular complexity index is 1150. The third kappa shape index (κ3) is 10.6. The van der Waals surface area contributed by atoms with Crippen LogP contribution in [0.3, 0.4) is 0 Å². The van der Waals surface area contributed by atoms with Gasteiger partial charge in [-0.2, -0.15) is 0 Å². The van der Waals surface area contributed by atoms with Crippen LogP contribution in [0.5, 0.6) is 11.5 Å². The Kier molecular flexibility index (Phi) is 12.4. The SMILES string of the molecule is COC(=O)[C@@](N)(CCOC(=O)c1ccccc1)Cc1ccc(OC(=O)OCC(C)C)c(OC(=O)OCC(C)C)c1. The summed E-state index contributed by atoms with van der Waals surface area (Å²) in [6.07, 6.45) is -2.14. The number of carbonyl (C=O) groups is 4. The largest absolute Gasteiger partial charge is 0.513 e. The van der Waals surface area contributed by atoms with Crippen LogP contribution in [0.15, 0.2) is 48.5 Å². The number of benzene rings is 2. The van der Waals surface area contributed by atoms with E-state index in [0.29, 0.717) is 11.1 Å². The van der Waals surface area contributed by atoms with Gasteiger partial charge in [0.15, 0.2) is 11.5 Å². The minimum atomic E-state index is -1.60. The molecule has 0 heterocycles. The molecule has 2 aromatic rings. The van der Waals surface area contributed by atoms with Crippen LogP contribution in [-0.2, 0) is 30.2 Å². The van der Waals surface area contributed by atoms with Gasteiger partial charge in [0.05, 0.1) is 32.5 Å². The standard InChI is InChI=1S/C29H37NO10/c1-19(2)17-37-27(33)39-23-12-11-21(15-24(23)40-28(34)38-18-20(3)4)16-29(30,26(32)35-5)13-14-36-25(31)22-9-7-6-8-10-22/h6-12,15,19-20H,13-14,16-18,30H2,1-5H3/t29-/m1/s1. The predicted molar refractivity (Wildman–Crippen MR) is 144 cm³/mol. The van der Waals surface area contributed by atoms with Crippen LogP contribution in [0.1, 0.15) is 50.0 Å². The molecule has 0 aliphatic carbocycles. The van der Waals surface area contributed by atoms with E-state index < -0.39 is 29.8 Å². The Labute approximate surface area is 233 Å². The molecule has 2 aromatic carbocycles. The Hall–Kier alpha value is -4.12. The van der Waals surface area contributed by atoms with Crippen LogP contribution in [-0.4, -0.2) is 56.7 Å². The zero-order valence-electron chi connectivity index (χ0n) is 23.5. The molecule has 1 atom stereocenters. The highest BCUT2D eigenvalue weighted by Gasteiger charge is 2.36. The summed E-state index contributed by atoms with van der Waals surface area (Å²) < 4.78 is 30.9. The van der Waals surface area contributed by atoms with Crippen LogP contribution in [0, 0.1) is 11.8 Å². The molecule has 0 aliphatic rings. The molecule has 0 aromatic heterocycles. The quantitative estimate of drug-likeness (QED) is 0.207. The first-order valence-electron chi connectivity index (χ1n) is 12.8. The number of hydrogen-bond donors (Lipinski definition) is 1. The fraction of sp³-hybridized carbons (Fsp3) is 0.448. The minimum absolute atomic E-state index is 0.0644. The van der Waals surface area contributed by atoms with E-state index in [-0.39, 0.29) is 56.0 Å². The van der Waals surface area contributed by atoms with Gasteiger partial charge in [0.1, 0.15) is 5.54 Å². The van der Waals surface area contributed by atoms with Crippen molar-refractivity contribution in [2.24, 2.45) is 17.6 Å². The normalized spacial score (nSPS) is 12.3. The summed E-state index contributed by atoms with van der Waals surface area (Å²) in [6, 6.07) is 12.7. The van der Waals surface area contributed by atoms with Crippen molar-refractivity contribution < 1.29 is 47.6 Å². The summed E-state index contributed by atoms with van der Waals surface area (Å²) in [5.41, 5.74) is 5.63. The fourth-order valence-electron chi connectivity index (χ4n) is 3.35. The van der Waals surface area contributed by atoms with Gasteiger partial charge < -0.3 is 34.2 Å². The number of esters is 2. The monoisotopic (exact) mass is 559 g/mol. The zero-order chi connectivity index (χ0) is 29.7. The number of nitrogens with two attached hydrogens (primary N) is 1. The molecule has 0 radical (unpaired) electrons. The number of carbonyl (C=O) groups excluding carboxylic acids is 4. The van der Waals surface area contributed by atoms with E-state index >= 15 is 0 Å². The lowest BCUT2D eigenvalue weighted by atomic mass is 9.88. The molecule has 0 spiro atoms. The van der Waals surface area contributed by atoms with Gasteiger partial charge in [0, 0.05) is 12.8 Å². The zero-order valence-corrected chi connectivity index (χ0v) is 23.5. The van der Waals surface area contributed by atoms with E-state index in [1.165, 1.54) is 25.3 Å². The molecule has 0 saturated carbocycles. The molecule has 0 saturated heterocycles. The smallest absolute Gasteiger partial charge is 0.468 e. The first kappa shape index (κ1) is 32.1. The summed E-state index contributed by atoms with van der Waals surface area (Å²) in [5, 5.41) is 0. The van der Waals surface area contributed by atoms with Gasteiger partial charge in [-0.15, -0.1) is 0 Å². The van der Waals surface area contributed by atoms with Crippen molar-refractivity contribution >= 4 is 24.2 Å². The van der Waals surface area contributed by atoms with Crippen LogP contribution in [0.2, 0.25) is 0 Å². The van der Waals surface area contributed by atoms with Crippen molar-refractivity contribution in [2.45, 2.75) is 46.1 Å². The highest BCUT2D eigenvalue weighted by molar-refractivity contribution is 5.89. The van der Waals surface area contributed by atoms with Crippen LogP contribution >= 0.6 is 0 Å². The summed E-state index contributed by atoms with van der Waals surface area (Å²) >= 11 is 0. The third-order valence-corrected chi connectivity index (χ3v) is 5.37. The van der Waals surface area contributed by atoms with Crippen molar-refractivity contribution in [3.05, 3.63) is 59.7 Å². The first-order valence-corrected chi connectivity index (χ1v) is 12.8. The molecule has 0 bridgehead atoms. The molecule has 2 N–H and O–H groups in total. The Morgan fingerprint density at radius 1 is 0.800 bits per heavy atom. The average Bonchev–Trinajstić information content (AvgIpc) is 2.92. The van der Waals surface area contributed by atoms with E-state index in [4.69, 9.17) is 34.2 Å². The molecule has 2 rings (SSSR count). The first-order chi connectivity index (χ1) is 18.9. The molecule has 218 valence electrons. The molecule has 0 fully saturated rings. The van der Waals surface area contributed by atoms with Gasteiger partial charge in [-0.3, -0.25) is 4.79 Å². The van der Waals surface area contributed by atoms with Crippen molar-refractivity contribution in [2.75, 3.05) is 26.9 Å². The molecular formula is C29H37NO10. The van der Waals surface area contributed by atoms with Crippen LogP contribution in [0.25, 0.3) is 0 Å². The second kappa shape index (κ2) is 15.5. The highest BCUT2D eigenvalue weighted by Crippen LogP contribution is 2.31. The predicted octanol–water partition coefficient (Wildman–Crippen LogP) is 4.69. The second-order valence-corrected chi connectivity index (χ2v) is 9.97. The molecular weight excluding hydrogens is 522 g/mol. The Morgan fingerprint density at radius 2 is 1.38 bits per heavy atom. The molecule has 11 nitrogen and oxygen atoms in total. The maximum absolute atomic E-state index is 12.7. The summed E-state index contributed by atoms with van der Waals surface area (Å²) in [4.78, 5) is 49.4. The van der Waals surface area contributed by atoms with Gasteiger partial charge in [-0.25, -0.2) is 14.4 Å². The van der Waals surface area contributed by atoms with E-state index in [2.05, 4.69) is 0 Å². The number of ether oxygens (including phenoxy) is 6. The average molecular weight is 560 g/mol.